The summed E-state index contributed by atoms with van der Waals surface area (Å²) in [5.74, 6) is 1.10. The molecule has 2 aromatic carbocycles. The summed E-state index contributed by atoms with van der Waals surface area (Å²) in [5.41, 5.74) is 6.30. The van der Waals surface area contributed by atoms with Crippen molar-refractivity contribution in [2.45, 2.75) is 12.5 Å². The molecule has 2 heterocycles. The molecule has 2 aliphatic rings. The van der Waals surface area contributed by atoms with E-state index >= 15 is 0 Å². The molecule has 1 unspecified atom stereocenters. The number of benzene rings is 2. The van der Waals surface area contributed by atoms with E-state index in [-0.39, 0.29) is 29.2 Å². The molecule has 0 aromatic heterocycles. The maximum atomic E-state index is 12.3. The first kappa shape index (κ1) is 23.4. The number of hydrogen-bond acceptors (Lipinski definition) is 6. The van der Waals surface area contributed by atoms with Gasteiger partial charge in [0.05, 0.1) is 5.71 Å². The molecule has 8 nitrogen and oxygen atoms in total. The van der Waals surface area contributed by atoms with Gasteiger partial charge in [0.25, 0.3) is 5.91 Å². The number of likely N-dealkylation sites (tertiary alicyclic amines) is 1. The Balaban J connectivity index is 1.48. The van der Waals surface area contributed by atoms with Crippen molar-refractivity contribution in [2.75, 3.05) is 19.6 Å². The number of hydrogen-bond donors (Lipinski definition) is 4. The highest BCUT2D eigenvalue weighted by Gasteiger charge is 2.37. The lowest BCUT2D eigenvalue weighted by atomic mass is 9.88. The molecule has 4 rings (SSSR count). The largest absolute Gasteiger partial charge is 0.457 e. The Morgan fingerprint density at radius 3 is 2.56 bits per heavy atom. The van der Waals surface area contributed by atoms with Crippen molar-refractivity contribution in [2.24, 2.45) is 11.7 Å². The molecule has 1 atom stereocenters. The van der Waals surface area contributed by atoms with Crippen LogP contribution in [0.2, 0.25) is 5.02 Å². The number of nitrogens with one attached hydrogen (secondary N) is 3. The SMILES string of the molecule is C=CC(=O)N1CC(C2CCN/C(=C(/C(=N)c3ccc(Oc4cccc(Cl)c4)cc3)C(N)=O)N2)C1. The van der Waals surface area contributed by atoms with Crippen molar-refractivity contribution in [3.05, 3.63) is 83.2 Å². The van der Waals surface area contributed by atoms with E-state index in [4.69, 9.17) is 27.5 Å². The van der Waals surface area contributed by atoms with Gasteiger partial charge in [-0.05, 0) is 55.0 Å². The van der Waals surface area contributed by atoms with Crippen molar-refractivity contribution in [1.29, 1.82) is 5.41 Å². The minimum absolute atomic E-state index is 0.00882. The Labute approximate surface area is 202 Å². The molecule has 2 aliphatic heterocycles. The molecule has 5 N–H and O–H groups in total. The van der Waals surface area contributed by atoms with Crippen LogP contribution in [0, 0.1) is 11.3 Å². The number of nitrogens with zero attached hydrogens (tertiary/aromatic N) is 1. The first-order valence-corrected chi connectivity index (χ1v) is 11.3. The van der Waals surface area contributed by atoms with E-state index in [1.54, 1.807) is 53.4 Å². The number of ether oxygens (including phenoxy) is 1. The number of primary amides is 1. The highest BCUT2D eigenvalue weighted by molar-refractivity contribution is 6.30. The molecule has 2 amide bonds. The first-order chi connectivity index (χ1) is 16.4. The first-order valence-electron chi connectivity index (χ1n) is 10.9. The lowest BCUT2D eigenvalue weighted by molar-refractivity contribution is -0.132. The number of amides is 2. The van der Waals surface area contributed by atoms with Crippen LogP contribution in [-0.2, 0) is 9.59 Å². The van der Waals surface area contributed by atoms with Gasteiger partial charge in [-0.25, -0.2) is 0 Å². The number of carbonyl (C=O) groups excluding carboxylic acids is 2. The lowest BCUT2D eigenvalue weighted by Gasteiger charge is -2.45. The minimum atomic E-state index is -0.697. The predicted molar refractivity (Wildman–Crippen MR) is 131 cm³/mol. The quantitative estimate of drug-likeness (QED) is 0.359. The number of halogens is 1. The molecule has 0 bridgehead atoms. The molecule has 0 radical (unpaired) electrons. The molecule has 2 fully saturated rings. The van der Waals surface area contributed by atoms with E-state index in [0.29, 0.717) is 47.5 Å². The number of carbonyl (C=O) groups is 2. The van der Waals surface area contributed by atoms with Crippen molar-refractivity contribution in [1.82, 2.24) is 15.5 Å². The van der Waals surface area contributed by atoms with Gasteiger partial charge in [0.15, 0.2) is 0 Å². The Hall–Kier alpha value is -3.78. The summed E-state index contributed by atoms with van der Waals surface area (Å²) in [7, 11) is 0. The summed E-state index contributed by atoms with van der Waals surface area (Å²) in [6, 6.07) is 14.0. The van der Waals surface area contributed by atoms with E-state index in [1.807, 2.05) is 0 Å². The second kappa shape index (κ2) is 10.0. The van der Waals surface area contributed by atoms with E-state index in [1.165, 1.54) is 6.08 Å². The smallest absolute Gasteiger partial charge is 0.254 e. The van der Waals surface area contributed by atoms with Gasteiger partial charge >= 0.3 is 0 Å². The molecule has 2 saturated heterocycles. The maximum absolute atomic E-state index is 12.3. The van der Waals surface area contributed by atoms with E-state index in [0.717, 1.165) is 6.42 Å². The highest BCUT2D eigenvalue weighted by atomic mass is 35.5. The summed E-state index contributed by atoms with van der Waals surface area (Å²) in [6.07, 6.45) is 2.15. The third-order valence-corrected chi connectivity index (χ3v) is 6.21. The summed E-state index contributed by atoms with van der Waals surface area (Å²) in [5, 5.41) is 15.7. The van der Waals surface area contributed by atoms with Gasteiger partial charge in [-0.15, -0.1) is 0 Å². The van der Waals surface area contributed by atoms with Crippen LogP contribution in [0.15, 0.2) is 72.6 Å². The molecular formula is C25H26ClN5O3. The van der Waals surface area contributed by atoms with Crippen molar-refractivity contribution in [3.8, 4) is 11.5 Å². The molecule has 0 aliphatic carbocycles. The molecule has 0 spiro atoms. The highest BCUT2D eigenvalue weighted by Crippen LogP contribution is 2.26. The summed E-state index contributed by atoms with van der Waals surface area (Å²) in [6.45, 7) is 5.42. The average molecular weight is 480 g/mol. The molecule has 176 valence electrons. The van der Waals surface area contributed by atoms with Gasteiger partial charge in [-0.2, -0.15) is 0 Å². The van der Waals surface area contributed by atoms with Crippen LogP contribution in [0.4, 0.5) is 0 Å². The second-order valence-corrected chi connectivity index (χ2v) is 8.68. The molecule has 0 saturated carbocycles. The average Bonchev–Trinajstić information content (AvgIpc) is 2.78. The zero-order chi connectivity index (χ0) is 24.2. The third kappa shape index (κ3) is 5.07. The predicted octanol–water partition coefficient (Wildman–Crippen LogP) is 2.79. The standard InChI is InChI=1S/C25H26ClN5O3/c1-2-21(32)31-13-16(14-31)20-10-11-29-25(30-20)22(24(28)33)23(27)15-6-8-18(9-7-15)34-19-5-3-4-17(26)12-19/h2-9,12,16,20,27,29-30H,1,10-11,13-14H2,(H2,28,33)/b25-22+,27-23?. The van der Waals surface area contributed by atoms with Gasteiger partial charge in [0.2, 0.25) is 5.91 Å². The van der Waals surface area contributed by atoms with E-state index in [2.05, 4.69) is 17.2 Å². The minimum Gasteiger partial charge on any atom is -0.457 e. The molecule has 9 heteroatoms. The van der Waals surface area contributed by atoms with Crippen LogP contribution < -0.4 is 21.1 Å². The van der Waals surface area contributed by atoms with Crippen LogP contribution >= 0.6 is 11.6 Å². The van der Waals surface area contributed by atoms with E-state index < -0.39 is 5.91 Å². The third-order valence-electron chi connectivity index (χ3n) is 5.97. The Morgan fingerprint density at radius 1 is 1.18 bits per heavy atom. The van der Waals surface area contributed by atoms with Crippen LogP contribution in [-0.4, -0.2) is 48.1 Å². The lowest BCUT2D eigenvalue weighted by Crippen LogP contribution is -2.60. The van der Waals surface area contributed by atoms with Crippen molar-refractivity contribution >= 4 is 29.1 Å². The van der Waals surface area contributed by atoms with Crippen molar-refractivity contribution < 1.29 is 14.3 Å². The van der Waals surface area contributed by atoms with Crippen molar-refractivity contribution in [3.63, 3.8) is 0 Å². The monoisotopic (exact) mass is 479 g/mol. The Bertz CT molecular complexity index is 1160. The van der Waals surface area contributed by atoms with Gasteiger partial charge in [-0.1, -0.05) is 24.2 Å². The molecule has 2 aromatic rings. The normalized spacial score (nSPS) is 19.2. The topological polar surface area (TPSA) is 121 Å². The van der Waals surface area contributed by atoms with Crippen LogP contribution in [0.25, 0.3) is 0 Å². The van der Waals surface area contributed by atoms with E-state index in [9.17, 15) is 9.59 Å². The van der Waals surface area contributed by atoms with Gasteiger partial charge < -0.3 is 26.0 Å². The number of nitrogens with two attached hydrogens (primary N) is 1. The fourth-order valence-corrected chi connectivity index (χ4v) is 4.30. The maximum Gasteiger partial charge on any atom is 0.254 e. The summed E-state index contributed by atoms with van der Waals surface area (Å²) in [4.78, 5) is 25.8. The molecular weight excluding hydrogens is 454 g/mol. The Kier molecular flexibility index (Phi) is 6.88. The zero-order valence-corrected chi connectivity index (χ0v) is 19.3. The second-order valence-electron chi connectivity index (χ2n) is 8.25. The summed E-state index contributed by atoms with van der Waals surface area (Å²) < 4.78 is 5.79. The molecule has 34 heavy (non-hydrogen) atoms. The summed E-state index contributed by atoms with van der Waals surface area (Å²) >= 11 is 6.00. The van der Waals surface area contributed by atoms with Gasteiger partial charge in [0.1, 0.15) is 22.9 Å². The fraction of sp³-hybridized carbons (Fsp3) is 0.240. The Morgan fingerprint density at radius 2 is 1.91 bits per heavy atom. The van der Waals surface area contributed by atoms with Crippen LogP contribution in [0.5, 0.6) is 11.5 Å². The van der Waals surface area contributed by atoms with Gasteiger partial charge in [0, 0.05) is 42.2 Å². The van der Waals surface area contributed by atoms with Crippen LogP contribution in [0.3, 0.4) is 0 Å². The van der Waals surface area contributed by atoms with Crippen LogP contribution in [0.1, 0.15) is 12.0 Å². The zero-order valence-electron chi connectivity index (χ0n) is 18.5. The number of rotatable bonds is 7. The van der Waals surface area contributed by atoms with Gasteiger partial charge in [-0.3, -0.25) is 15.0 Å². The fourth-order valence-electron chi connectivity index (χ4n) is 4.12.